The monoisotopic (exact) mass is 468 g/mol. The third-order valence-electron chi connectivity index (χ3n) is 5.76. The number of fused-ring (bicyclic) bond motifs is 3. The lowest BCUT2D eigenvalue weighted by molar-refractivity contribution is -0.124. The van der Waals surface area contributed by atoms with Crippen LogP contribution in [-0.2, 0) is 22.6 Å². The molecule has 1 N–H and O–H groups in total. The van der Waals surface area contributed by atoms with Gasteiger partial charge in [-0.3, -0.25) is 14.6 Å². The summed E-state index contributed by atoms with van der Waals surface area (Å²) in [5.41, 5.74) is 4.87. The van der Waals surface area contributed by atoms with E-state index in [1.807, 2.05) is 85.8 Å². The molecule has 2 amide bonds. The molecule has 3 aromatic rings. The average Bonchev–Trinajstić information content (AvgIpc) is 3.19. The highest BCUT2D eigenvalue weighted by Crippen LogP contribution is 2.34. The van der Waals surface area contributed by atoms with Crippen LogP contribution in [0.4, 0.5) is 5.69 Å². The van der Waals surface area contributed by atoms with Gasteiger partial charge in [-0.05, 0) is 30.2 Å². The van der Waals surface area contributed by atoms with Crippen molar-refractivity contribution in [1.82, 2.24) is 10.2 Å². The fourth-order valence-corrected chi connectivity index (χ4v) is 4.79. The summed E-state index contributed by atoms with van der Waals surface area (Å²) in [5, 5.41) is 3.43. The third-order valence-corrected chi connectivity index (χ3v) is 6.70. The molecule has 0 saturated heterocycles. The predicted octanol–water partition coefficient (Wildman–Crippen LogP) is 4.25. The summed E-state index contributed by atoms with van der Waals surface area (Å²) in [4.78, 5) is 37.0. The van der Waals surface area contributed by atoms with Crippen molar-refractivity contribution in [3.05, 3.63) is 101 Å². The number of hydrogen-bond donors (Lipinski definition) is 1. The van der Waals surface area contributed by atoms with Crippen LogP contribution in [0.3, 0.4) is 0 Å². The van der Waals surface area contributed by atoms with Crippen LogP contribution in [0.2, 0.25) is 0 Å². The van der Waals surface area contributed by atoms with Crippen molar-refractivity contribution < 1.29 is 9.59 Å². The van der Waals surface area contributed by atoms with Crippen molar-refractivity contribution in [2.24, 2.45) is 9.98 Å². The average molecular weight is 469 g/mol. The van der Waals surface area contributed by atoms with Crippen LogP contribution in [0.25, 0.3) is 0 Å². The van der Waals surface area contributed by atoms with Gasteiger partial charge in [-0.1, -0.05) is 84.1 Å². The van der Waals surface area contributed by atoms with Crippen LogP contribution in [-0.4, -0.2) is 39.5 Å². The number of benzene rings is 3. The van der Waals surface area contributed by atoms with Crippen molar-refractivity contribution >= 4 is 40.3 Å². The number of aryl methyl sites for hydroxylation is 1. The molecular formula is C27H24N4O2S. The Morgan fingerprint density at radius 1 is 0.971 bits per heavy atom. The second-order valence-electron chi connectivity index (χ2n) is 8.29. The van der Waals surface area contributed by atoms with Crippen LogP contribution in [0, 0.1) is 6.92 Å². The summed E-state index contributed by atoms with van der Waals surface area (Å²) in [7, 11) is 0. The van der Waals surface area contributed by atoms with Crippen molar-refractivity contribution in [3.8, 4) is 0 Å². The molecule has 6 nitrogen and oxygen atoms in total. The Morgan fingerprint density at radius 2 is 1.71 bits per heavy atom. The van der Waals surface area contributed by atoms with Crippen molar-refractivity contribution in [3.63, 3.8) is 0 Å². The Balaban J connectivity index is 1.31. The molecule has 3 aromatic carbocycles. The molecule has 0 aliphatic carbocycles. The molecular weight excluding hydrogens is 444 g/mol. The van der Waals surface area contributed by atoms with Gasteiger partial charge in [0.2, 0.25) is 5.91 Å². The second-order valence-corrected chi connectivity index (χ2v) is 9.24. The number of carbonyl (C=O) groups is 2. The molecule has 0 saturated carbocycles. The molecule has 2 heterocycles. The lowest BCUT2D eigenvalue weighted by Gasteiger charge is -2.25. The first-order valence-corrected chi connectivity index (χ1v) is 12.2. The minimum Gasteiger partial charge on any atom is -0.351 e. The van der Waals surface area contributed by atoms with Crippen LogP contribution >= 0.6 is 11.8 Å². The molecule has 2 aliphatic heterocycles. The quantitative estimate of drug-likeness (QED) is 0.588. The van der Waals surface area contributed by atoms with E-state index in [-0.39, 0.29) is 17.6 Å². The van der Waals surface area contributed by atoms with Gasteiger partial charge in [0, 0.05) is 18.5 Å². The number of aliphatic imine (C=N–C) groups is 2. The Bertz CT molecular complexity index is 1290. The van der Waals surface area contributed by atoms with Crippen LogP contribution in [0.1, 0.15) is 22.3 Å². The summed E-state index contributed by atoms with van der Waals surface area (Å²) < 4.78 is 0. The zero-order valence-electron chi connectivity index (χ0n) is 18.8. The van der Waals surface area contributed by atoms with E-state index < -0.39 is 6.04 Å². The van der Waals surface area contributed by atoms with Gasteiger partial charge in [0.05, 0.1) is 11.4 Å². The summed E-state index contributed by atoms with van der Waals surface area (Å²) in [6, 6.07) is 25.1. The summed E-state index contributed by atoms with van der Waals surface area (Å²) in [6.07, 6.45) is 0.525. The Hall–Kier alpha value is -3.71. The number of carbonyl (C=O) groups excluding carboxylic acids is 2. The number of amides is 2. The standard InChI is InChI=1S/C27H24N4O2S/c1-18-11-13-20(14-12-18)16-28-24(32)17-34-27-30-22-10-6-5-9-21(22)25-29-23(26(33)31(25)27)15-19-7-3-2-4-8-19/h2-14,23H,15-17H2,1H3,(H,28,32)/t23-/m0/s1. The van der Waals surface area contributed by atoms with Crippen LogP contribution < -0.4 is 5.32 Å². The Labute approximate surface area is 202 Å². The molecule has 0 fully saturated rings. The summed E-state index contributed by atoms with van der Waals surface area (Å²) >= 11 is 1.26. The topological polar surface area (TPSA) is 74.1 Å². The summed E-state index contributed by atoms with van der Waals surface area (Å²) in [5.74, 6) is 0.546. The first kappa shape index (κ1) is 22.1. The number of amidine groups is 2. The van der Waals surface area contributed by atoms with E-state index in [2.05, 4.69) is 5.32 Å². The predicted molar refractivity (Wildman–Crippen MR) is 136 cm³/mol. The smallest absolute Gasteiger partial charge is 0.259 e. The Morgan fingerprint density at radius 3 is 2.50 bits per heavy atom. The molecule has 0 radical (unpaired) electrons. The molecule has 0 bridgehead atoms. The number of nitrogens with zero attached hydrogens (tertiary/aromatic N) is 3. The highest BCUT2D eigenvalue weighted by atomic mass is 32.2. The van der Waals surface area contributed by atoms with E-state index in [0.717, 1.165) is 22.4 Å². The number of hydrogen-bond acceptors (Lipinski definition) is 5. The zero-order chi connectivity index (χ0) is 23.5. The molecule has 0 unspecified atom stereocenters. The van der Waals surface area contributed by atoms with Crippen LogP contribution in [0.15, 0.2) is 88.8 Å². The van der Waals surface area contributed by atoms with E-state index in [0.29, 0.717) is 24.0 Å². The van der Waals surface area contributed by atoms with Gasteiger partial charge in [-0.25, -0.2) is 9.89 Å². The van der Waals surface area contributed by atoms with Crippen molar-refractivity contribution in [1.29, 1.82) is 0 Å². The summed E-state index contributed by atoms with van der Waals surface area (Å²) in [6.45, 7) is 2.49. The van der Waals surface area contributed by atoms with E-state index >= 15 is 0 Å². The molecule has 5 rings (SSSR count). The molecule has 0 aromatic heterocycles. The first-order valence-electron chi connectivity index (χ1n) is 11.2. The minimum absolute atomic E-state index is 0.111. The maximum absolute atomic E-state index is 13.4. The van der Waals surface area contributed by atoms with Crippen molar-refractivity contribution in [2.75, 3.05) is 5.75 Å². The highest BCUT2D eigenvalue weighted by Gasteiger charge is 2.41. The number of para-hydroxylation sites is 1. The van der Waals surface area contributed by atoms with Gasteiger partial charge in [0.15, 0.2) is 5.17 Å². The number of nitrogens with one attached hydrogen (secondary N) is 1. The van der Waals surface area contributed by atoms with E-state index in [1.54, 1.807) is 4.90 Å². The van der Waals surface area contributed by atoms with Gasteiger partial charge in [0.1, 0.15) is 11.9 Å². The molecule has 1 atom stereocenters. The lowest BCUT2D eigenvalue weighted by Crippen LogP contribution is -2.42. The SMILES string of the molecule is Cc1ccc(CNC(=O)CSC2=Nc3ccccc3C3=N[C@@H](Cc4ccccc4)C(=O)N23)cc1. The van der Waals surface area contributed by atoms with Crippen molar-refractivity contribution in [2.45, 2.75) is 25.9 Å². The highest BCUT2D eigenvalue weighted by molar-refractivity contribution is 8.14. The lowest BCUT2D eigenvalue weighted by atomic mass is 10.1. The second kappa shape index (κ2) is 9.65. The number of rotatable bonds is 6. The third kappa shape index (κ3) is 4.65. The number of thioether (sulfide) groups is 1. The maximum Gasteiger partial charge on any atom is 0.259 e. The molecule has 2 aliphatic rings. The van der Waals surface area contributed by atoms with Gasteiger partial charge < -0.3 is 5.32 Å². The normalized spacial score (nSPS) is 16.4. The fourth-order valence-electron chi connectivity index (χ4n) is 3.96. The zero-order valence-corrected chi connectivity index (χ0v) is 19.6. The van der Waals surface area contributed by atoms with Gasteiger partial charge in [-0.2, -0.15) is 0 Å². The molecule has 34 heavy (non-hydrogen) atoms. The first-order chi connectivity index (χ1) is 16.6. The Kier molecular flexibility index (Phi) is 6.27. The minimum atomic E-state index is -0.510. The molecule has 170 valence electrons. The molecule has 0 spiro atoms. The van der Waals surface area contributed by atoms with E-state index in [9.17, 15) is 9.59 Å². The van der Waals surface area contributed by atoms with Gasteiger partial charge in [0.25, 0.3) is 5.91 Å². The maximum atomic E-state index is 13.4. The van der Waals surface area contributed by atoms with Gasteiger partial charge in [-0.15, -0.1) is 0 Å². The van der Waals surface area contributed by atoms with Gasteiger partial charge >= 0.3 is 0 Å². The fraction of sp³-hybridized carbons (Fsp3) is 0.185. The van der Waals surface area contributed by atoms with E-state index in [4.69, 9.17) is 9.98 Å². The van der Waals surface area contributed by atoms with E-state index in [1.165, 1.54) is 17.3 Å². The van der Waals surface area contributed by atoms with Crippen LogP contribution in [0.5, 0.6) is 0 Å². The molecule has 7 heteroatoms. The largest absolute Gasteiger partial charge is 0.351 e.